The molecule has 4 aromatic rings. The van der Waals surface area contributed by atoms with Crippen LogP contribution in [-0.2, 0) is 11.2 Å². The Bertz CT molecular complexity index is 1490. The number of anilines is 1. The van der Waals surface area contributed by atoms with Crippen LogP contribution in [0.5, 0.6) is 5.75 Å². The third-order valence-corrected chi connectivity index (χ3v) is 8.10. The highest BCUT2D eigenvalue weighted by Crippen LogP contribution is 2.31. The largest absolute Gasteiger partial charge is 0.497 e. The number of carbonyl (C=O) groups excluding carboxylic acids is 1. The molecule has 6 nitrogen and oxygen atoms in total. The number of aryl methyl sites for hydroxylation is 5. The fraction of sp³-hybridized carbons (Fsp3) is 0.296. The van der Waals surface area contributed by atoms with Crippen LogP contribution in [0, 0.1) is 27.7 Å². The zero-order valence-corrected chi connectivity index (χ0v) is 22.4. The van der Waals surface area contributed by atoms with E-state index in [0.717, 1.165) is 45.1 Å². The normalized spacial score (nSPS) is 11.1. The Labute approximate surface area is 213 Å². The lowest BCUT2D eigenvalue weighted by Gasteiger charge is -2.15. The Morgan fingerprint density at radius 1 is 1.09 bits per heavy atom. The number of thiophene rings is 1. The van der Waals surface area contributed by atoms with Crippen molar-refractivity contribution < 1.29 is 9.53 Å². The van der Waals surface area contributed by atoms with Crippen LogP contribution in [0.15, 0.2) is 46.3 Å². The molecule has 0 spiro atoms. The average molecular weight is 508 g/mol. The molecule has 2 aromatic carbocycles. The smallest absolute Gasteiger partial charge is 0.267 e. The molecule has 0 fully saturated rings. The molecule has 1 amide bonds. The first-order valence-corrected chi connectivity index (χ1v) is 13.2. The lowest BCUT2D eigenvalue weighted by Crippen LogP contribution is -2.23. The van der Waals surface area contributed by atoms with Crippen molar-refractivity contribution >= 4 is 44.9 Å². The Hall–Kier alpha value is -3.10. The predicted molar refractivity (Wildman–Crippen MR) is 146 cm³/mol. The maximum absolute atomic E-state index is 13.8. The van der Waals surface area contributed by atoms with Crippen molar-refractivity contribution in [3.63, 3.8) is 0 Å². The molecular formula is C27H29N3O3S2. The standard InChI is InChI=1S/C27H29N3O3S2/c1-7-21-18(5)35-25-24(21)26(32)30(22-11-10-20(33-6)13-17(22)4)27(29-25)34-14-23(31)28-19-9-8-15(2)16(3)12-19/h8-13H,7,14H2,1-6H3,(H,28,31). The topological polar surface area (TPSA) is 73.2 Å². The molecule has 2 heterocycles. The second kappa shape index (κ2) is 10.3. The van der Waals surface area contributed by atoms with Gasteiger partial charge in [0.05, 0.1) is 23.9 Å². The number of nitrogens with zero attached hydrogens (tertiary/aromatic N) is 2. The van der Waals surface area contributed by atoms with Gasteiger partial charge in [-0.1, -0.05) is 24.8 Å². The van der Waals surface area contributed by atoms with Gasteiger partial charge in [-0.15, -0.1) is 11.3 Å². The van der Waals surface area contributed by atoms with Crippen LogP contribution in [0.2, 0.25) is 0 Å². The number of amides is 1. The van der Waals surface area contributed by atoms with E-state index in [1.807, 2.05) is 64.1 Å². The van der Waals surface area contributed by atoms with Crippen molar-refractivity contribution in [2.24, 2.45) is 0 Å². The highest BCUT2D eigenvalue weighted by molar-refractivity contribution is 7.99. The zero-order valence-electron chi connectivity index (χ0n) is 20.8. The van der Waals surface area contributed by atoms with Crippen molar-refractivity contribution in [1.82, 2.24) is 9.55 Å². The number of fused-ring (bicyclic) bond motifs is 1. The van der Waals surface area contributed by atoms with Gasteiger partial charge >= 0.3 is 0 Å². The number of ether oxygens (including phenoxy) is 1. The van der Waals surface area contributed by atoms with Gasteiger partial charge in [-0.05, 0) is 86.7 Å². The minimum atomic E-state index is -0.151. The van der Waals surface area contributed by atoms with E-state index in [0.29, 0.717) is 15.4 Å². The molecule has 0 atom stereocenters. The summed E-state index contributed by atoms with van der Waals surface area (Å²) < 4.78 is 6.98. The summed E-state index contributed by atoms with van der Waals surface area (Å²) in [5.41, 5.74) is 5.59. The van der Waals surface area contributed by atoms with Crippen LogP contribution in [0.4, 0.5) is 5.69 Å². The summed E-state index contributed by atoms with van der Waals surface area (Å²) in [5, 5.41) is 4.11. The molecular weight excluding hydrogens is 478 g/mol. The SMILES string of the molecule is CCc1c(C)sc2nc(SCC(=O)Nc3ccc(C)c(C)c3)n(-c3ccc(OC)cc3C)c(=O)c12. The van der Waals surface area contributed by atoms with E-state index in [9.17, 15) is 9.59 Å². The van der Waals surface area contributed by atoms with Gasteiger partial charge in [-0.2, -0.15) is 0 Å². The Morgan fingerprint density at radius 2 is 1.86 bits per heavy atom. The molecule has 0 bridgehead atoms. The minimum absolute atomic E-state index is 0.110. The van der Waals surface area contributed by atoms with E-state index in [1.165, 1.54) is 28.7 Å². The van der Waals surface area contributed by atoms with Gasteiger partial charge in [-0.3, -0.25) is 14.2 Å². The second-order valence-corrected chi connectivity index (χ2v) is 10.6. The first-order valence-electron chi connectivity index (χ1n) is 11.4. The first kappa shape index (κ1) is 25.0. The average Bonchev–Trinajstić information content (AvgIpc) is 3.15. The molecule has 0 saturated heterocycles. The lowest BCUT2D eigenvalue weighted by molar-refractivity contribution is -0.113. The predicted octanol–water partition coefficient (Wildman–Crippen LogP) is 5.98. The summed E-state index contributed by atoms with van der Waals surface area (Å²) in [7, 11) is 1.62. The van der Waals surface area contributed by atoms with Crippen molar-refractivity contribution in [3.8, 4) is 11.4 Å². The highest BCUT2D eigenvalue weighted by Gasteiger charge is 2.21. The van der Waals surface area contributed by atoms with E-state index in [-0.39, 0.29) is 17.2 Å². The summed E-state index contributed by atoms with van der Waals surface area (Å²) in [5.74, 6) is 0.698. The van der Waals surface area contributed by atoms with Crippen LogP contribution in [-0.4, -0.2) is 28.3 Å². The summed E-state index contributed by atoms with van der Waals surface area (Å²) in [6.07, 6.45) is 0.759. The molecule has 1 N–H and O–H groups in total. The van der Waals surface area contributed by atoms with Crippen LogP contribution < -0.4 is 15.6 Å². The third kappa shape index (κ3) is 4.99. The van der Waals surface area contributed by atoms with E-state index in [4.69, 9.17) is 9.72 Å². The van der Waals surface area contributed by atoms with E-state index >= 15 is 0 Å². The zero-order chi connectivity index (χ0) is 25.3. The maximum Gasteiger partial charge on any atom is 0.267 e. The number of thioether (sulfide) groups is 1. The number of carbonyl (C=O) groups is 1. The van der Waals surface area contributed by atoms with Gasteiger partial charge in [0.25, 0.3) is 5.56 Å². The van der Waals surface area contributed by atoms with Crippen LogP contribution in [0.25, 0.3) is 15.9 Å². The lowest BCUT2D eigenvalue weighted by atomic mass is 10.1. The van der Waals surface area contributed by atoms with E-state index in [2.05, 4.69) is 12.2 Å². The van der Waals surface area contributed by atoms with Crippen molar-refractivity contribution in [2.75, 3.05) is 18.2 Å². The van der Waals surface area contributed by atoms with Gasteiger partial charge < -0.3 is 10.1 Å². The first-order chi connectivity index (χ1) is 16.7. The van der Waals surface area contributed by atoms with Gasteiger partial charge in [0.2, 0.25) is 5.91 Å². The number of hydrogen-bond acceptors (Lipinski definition) is 6. The fourth-order valence-electron chi connectivity index (χ4n) is 4.08. The number of aromatic nitrogens is 2. The van der Waals surface area contributed by atoms with E-state index in [1.54, 1.807) is 11.7 Å². The maximum atomic E-state index is 13.8. The van der Waals surface area contributed by atoms with Crippen LogP contribution in [0.3, 0.4) is 0 Å². The minimum Gasteiger partial charge on any atom is -0.497 e. The molecule has 0 saturated carbocycles. The highest BCUT2D eigenvalue weighted by atomic mass is 32.2. The quantitative estimate of drug-likeness (QED) is 0.246. The van der Waals surface area contributed by atoms with Gasteiger partial charge in [0.1, 0.15) is 10.6 Å². The van der Waals surface area contributed by atoms with E-state index < -0.39 is 0 Å². The molecule has 0 aliphatic heterocycles. The fourth-order valence-corrected chi connectivity index (χ4v) is 6.05. The van der Waals surface area contributed by atoms with Gasteiger partial charge in [0.15, 0.2) is 5.16 Å². The number of hydrogen-bond donors (Lipinski definition) is 1. The number of rotatable bonds is 7. The molecule has 35 heavy (non-hydrogen) atoms. The molecule has 8 heteroatoms. The Balaban J connectivity index is 1.74. The van der Waals surface area contributed by atoms with Gasteiger partial charge in [-0.25, -0.2) is 4.98 Å². The molecule has 4 rings (SSSR count). The van der Waals surface area contributed by atoms with Gasteiger partial charge in [0, 0.05) is 10.6 Å². The Kier molecular flexibility index (Phi) is 7.33. The summed E-state index contributed by atoms with van der Waals surface area (Å²) >= 11 is 2.79. The number of nitrogens with one attached hydrogen (secondary N) is 1. The summed E-state index contributed by atoms with van der Waals surface area (Å²) in [6.45, 7) is 10.1. The summed E-state index contributed by atoms with van der Waals surface area (Å²) in [4.78, 5) is 33.3. The van der Waals surface area contributed by atoms with Crippen LogP contribution >= 0.6 is 23.1 Å². The Morgan fingerprint density at radius 3 is 2.51 bits per heavy atom. The number of benzene rings is 2. The number of methoxy groups -OCH3 is 1. The molecule has 182 valence electrons. The van der Waals surface area contributed by atoms with Crippen molar-refractivity contribution in [1.29, 1.82) is 0 Å². The second-order valence-electron chi connectivity index (χ2n) is 8.49. The molecule has 0 aliphatic carbocycles. The molecule has 2 aromatic heterocycles. The molecule has 0 unspecified atom stereocenters. The molecule has 0 radical (unpaired) electrons. The third-order valence-electron chi connectivity index (χ3n) is 6.12. The van der Waals surface area contributed by atoms with Crippen molar-refractivity contribution in [2.45, 2.75) is 46.2 Å². The monoisotopic (exact) mass is 507 g/mol. The van der Waals surface area contributed by atoms with Crippen molar-refractivity contribution in [3.05, 3.63) is 73.9 Å². The molecule has 0 aliphatic rings. The summed E-state index contributed by atoms with van der Waals surface area (Å²) in [6, 6.07) is 11.4. The van der Waals surface area contributed by atoms with Crippen LogP contribution in [0.1, 0.15) is 34.1 Å².